The molecule has 130 valence electrons. The largest absolute Gasteiger partial charge is 0.444 e. The fourth-order valence-electron chi connectivity index (χ4n) is 3.24. The topological polar surface area (TPSA) is 62.1 Å². The van der Waals surface area contributed by atoms with E-state index in [4.69, 9.17) is 4.74 Å². The lowest BCUT2D eigenvalue weighted by Gasteiger charge is -2.25. The molecule has 0 aliphatic heterocycles. The lowest BCUT2D eigenvalue weighted by molar-refractivity contribution is 0.155. The van der Waals surface area contributed by atoms with Crippen LogP contribution >= 0.6 is 11.3 Å². The summed E-state index contributed by atoms with van der Waals surface area (Å²) in [7, 11) is 0. The highest BCUT2D eigenvalue weighted by molar-refractivity contribution is 7.16. The molecule has 25 heavy (non-hydrogen) atoms. The van der Waals surface area contributed by atoms with E-state index in [1.54, 1.807) is 0 Å². The molecular weight excluding hydrogens is 332 g/mol. The molecule has 0 saturated carbocycles. The molecule has 0 bridgehead atoms. The van der Waals surface area contributed by atoms with Crippen molar-refractivity contribution in [1.29, 1.82) is 5.26 Å². The molecule has 1 N–H and O–H groups in total. The fourth-order valence-corrected chi connectivity index (χ4v) is 4.52. The number of nitrogens with one attached hydrogen (secondary N) is 1. The lowest BCUT2D eigenvalue weighted by atomic mass is 9.81. The Balaban J connectivity index is 1.68. The van der Waals surface area contributed by atoms with E-state index in [-0.39, 0.29) is 6.61 Å². The van der Waals surface area contributed by atoms with Gasteiger partial charge in [0.25, 0.3) is 0 Å². The van der Waals surface area contributed by atoms with Gasteiger partial charge in [-0.05, 0) is 42.2 Å². The average Bonchev–Trinajstić information content (AvgIpc) is 2.96. The SMILES string of the molecule is CC(C)C1CCc2c(sc(NC(=O)OCc3ccccc3)c2C#N)C1. The van der Waals surface area contributed by atoms with Crippen molar-refractivity contribution in [2.75, 3.05) is 5.32 Å². The molecule has 1 aromatic carbocycles. The number of nitriles is 1. The standard InChI is InChI=1S/C20H22N2O2S/c1-13(2)15-8-9-16-17(11-21)19(25-18(16)10-15)22-20(23)24-12-14-6-4-3-5-7-14/h3-7,13,15H,8-10,12H2,1-2H3,(H,22,23). The number of amides is 1. The van der Waals surface area contributed by atoms with Gasteiger partial charge in [-0.2, -0.15) is 5.26 Å². The van der Waals surface area contributed by atoms with Gasteiger partial charge in [0.2, 0.25) is 0 Å². The third-order valence-electron chi connectivity index (χ3n) is 4.79. The molecule has 1 amide bonds. The lowest BCUT2D eigenvalue weighted by Crippen LogP contribution is -2.18. The summed E-state index contributed by atoms with van der Waals surface area (Å²) in [5, 5.41) is 12.9. The van der Waals surface area contributed by atoms with Gasteiger partial charge in [-0.1, -0.05) is 44.2 Å². The monoisotopic (exact) mass is 354 g/mol. The van der Waals surface area contributed by atoms with Gasteiger partial charge >= 0.3 is 6.09 Å². The number of carbonyl (C=O) groups is 1. The molecule has 1 unspecified atom stereocenters. The minimum atomic E-state index is -0.514. The Bertz CT molecular complexity index is 790. The highest BCUT2D eigenvalue weighted by atomic mass is 32.1. The Labute approximate surface area is 152 Å². The summed E-state index contributed by atoms with van der Waals surface area (Å²) in [6, 6.07) is 11.8. The molecule has 4 nitrogen and oxygen atoms in total. The first-order chi connectivity index (χ1) is 12.1. The quantitative estimate of drug-likeness (QED) is 0.828. The Kier molecular flexibility index (Phi) is 5.40. The first-order valence-electron chi connectivity index (χ1n) is 8.60. The maximum Gasteiger partial charge on any atom is 0.412 e. The summed E-state index contributed by atoms with van der Waals surface area (Å²) in [5.41, 5.74) is 2.66. The van der Waals surface area contributed by atoms with Crippen LogP contribution in [0.1, 0.15) is 41.8 Å². The molecule has 5 heteroatoms. The van der Waals surface area contributed by atoms with Crippen molar-refractivity contribution in [3.63, 3.8) is 0 Å². The van der Waals surface area contributed by atoms with Crippen molar-refractivity contribution < 1.29 is 9.53 Å². The number of fused-ring (bicyclic) bond motifs is 1. The van der Waals surface area contributed by atoms with E-state index in [1.807, 2.05) is 30.3 Å². The van der Waals surface area contributed by atoms with Crippen LogP contribution in [0.25, 0.3) is 0 Å². The summed E-state index contributed by atoms with van der Waals surface area (Å²) in [4.78, 5) is 13.3. The van der Waals surface area contributed by atoms with Crippen LogP contribution in [0.2, 0.25) is 0 Å². The molecule has 1 aliphatic rings. The van der Waals surface area contributed by atoms with Crippen molar-refractivity contribution in [2.24, 2.45) is 11.8 Å². The second-order valence-electron chi connectivity index (χ2n) is 6.75. The van der Waals surface area contributed by atoms with Gasteiger partial charge in [0.05, 0.1) is 5.56 Å². The third kappa shape index (κ3) is 4.02. The van der Waals surface area contributed by atoms with Gasteiger partial charge < -0.3 is 4.74 Å². The van der Waals surface area contributed by atoms with Crippen LogP contribution in [-0.4, -0.2) is 6.09 Å². The second kappa shape index (κ2) is 7.71. The van der Waals surface area contributed by atoms with E-state index in [1.165, 1.54) is 16.2 Å². The zero-order valence-electron chi connectivity index (χ0n) is 14.5. The van der Waals surface area contributed by atoms with Gasteiger partial charge in [-0.15, -0.1) is 11.3 Å². The molecule has 0 saturated heterocycles. The van der Waals surface area contributed by atoms with Crippen molar-refractivity contribution in [3.05, 3.63) is 51.9 Å². The summed E-state index contributed by atoms with van der Waals surface area (Å²) in [6.07, 6.45) is 2.50. The Morgan fingerprint density at radius 3 is 2.84 bits per heavy atom. The smallest absolute Gasteiger partial charge is 0.412 e. The first-order valence-corrected chi connectivity index (χ1v) is 9.42. The second-order valence-corrected chi connectivity index (χ2v) is 7.86. The van der Waals surface area contributed by atoms with Crippen molar-refractivity contribution in [1.82, 2.24) is 0 Å². The number of rotatable bonds is 4. The predicted octanol–water partition coefficient (Wildman–Crippen LogP) is 5.13. The molecule has 0 spiro atoms. The minimum absolute atomic E-state index is 0.217. The van der Waals surface area contributed by atoms with Crippen LogP contribution in [0.3, 0.4) is 0 Å². The molecule has 1 aromatic heterocycles. The maximum atomic E-state index is 12.1. The molecule has 0 fully saturated rings. The van der Waals surface area contributed by atoms with Crippen molar-refractivity contribution >= 4 is 22.4 Å². The molecule has 1 heterocycles. The van der Waals surface area contributed by atoms with Gasteiger partial charge in [0.1, 0.15) is 17.7 Å². The van der Waals surface area contributed by atoms with Crippen molar-refractivity contribution in [2.45, 2.75) is 39.7 Å². The normalized spacial score (nSPS) is 16.2. The van der Waals surface area contributed by atoms with Crippen LogP contribution in [-0.2, 0) is 24.2 Å². The Morgan fingerprint density at radius 2 is 2.16 bits per heavy atom. The first kappa shape index (κ1) is 17.5. The van der Waals surface area contributed by atoms with E-state index >= 15 is 0 Å². The van der Waals surface area contributed by atoms with Crippen LogP contribution in [0.15, 0.2) is 30.3 Å². The fraction of sp³-hybridized carbons (Fsp3) is 0.400. The van der Waals surface area contributed by atoms with Crippen molar-refractivity contribution in [3.8, 4) is 6.07 Å². The number of nitrogens with zero attached hydrogens (tertiary/aromatic N) is 1. The molecule has 2 aromatic rings. The summed E-state index contributed by atoms with van der Waals surface area (Å²) in [6.45, 7) is 4.71. The number of hydrogen-bond donors (Lipinski definition) is 1. The van der Waals surface area contributed by atoms with Crippen LogP contribution in [0.4, 0.5) is 9.80 Å². The molecule has 1 atom stereocenters. The highest BCUT2D eigenvalue weighted by Gasteiger charge is 2.27. The van der Waals surface area contributed by atoms with E-state index in [2.05, 4.69) is 25.2 Å². The van der Waals surface area contributed by atoms with Crippen LogP contribution < -0.4 is 5.32 Å². The van der Waals surface area contributed by atoms with Gasteiger partial charge in [-0.25, -0.2) is 4.79 Å². The van der Waals surface area contributed by atoms with E-state index in [0.29, 0.717) is 22.4 Å². The number of thiophene rings is 1. The molecular formula is C20H22N2O2S. The third-order valence-corrected chi connectivity index (χ3v) is 5.96. The van der Waals surface area contributed by atoms with E-state index in [0.717, 1.165) is 30.4 Å². The number of anilines is 1. The molecule has 1 aliphatic carbocycles. The zero-order valence-corrected chi connectivity index (χ0v) is 15.4. The Hall–Kier alpha value is -2.32. The van der Waals surface area contributed by atoms with Crippen LogP contribution in [0, 0.1) is 23.2 Å². The molecule has 3 rings (SSSR count). The molecule has 0 radical (unpaired) electrons. The van der Waals surface area contributed by atoms with E-state index < -0.39 is 6.09 Å². The number of hydrogen-bond acceptors (Lipinski definition) is 4. The summed E-state index contributed by atoms with van der Waals surface area (Å²) < 4.78 is 5.27. The number of ether oxygens (including phenoxy) is 1. The highest BCUT2D eigenvalue weighted by Crippen LogP contribution is 2.41. The van der Waals surface area contributed by atoms with Gasteiger partial charge in [0, 0.05) is 4.88 Å². The Morgan fingerprint density at radius 1 is 1.40 bits per heavy atom. The summed E-state index contributed by atoms with van der Waals surface area (Å²) in [5.74, 6) is 1.28. The maximum absolute atomic E-state index is 12.1. The minimum Gasteiger partial charge on any atom is -0.444 e. The van der Waals surface area contributed by atoms with E-state index in [9.17, 15) is 10.1 Å². The average molecular weight is 354 g/mol. The van der Waals surface area contributed by atoms with Gasteiger partial charge in [-0.3, -0.25) is 5.32 Å². The van der Waals surface area contributed by atoms with Crippen LogP contribution in [0.5, 0.6) is 0 Å². The number of benzene rings is 1. The zero-order chi connectivity index (χ0) is 17.8. The number of carbonyl (C=O) groups excluding carboxylic acids is 1. The predicted molar refractivity (Wildman–Crippen MR) is 99.6 cm³/mol. The van der Waals surface area contributed by atoms with Gasteiger partial charge in [0.15, 0.2) is 0 Å². The summed E-state index contributed by atoms with van der Waals surface area (Å²) >= 11 is 1.52.